The molecule has 1 fully saturated rings. The topological polar surface area (TPSA) is 84.5 Å². The lowest BCUT2D eigenvalue weighted by Crippen LogP contribution is -2.46. The van der Waals surface area contributed by atoms with Crippen LogP contribution < -0.4 is 14.8 Å². The first-order valence-electron chi connectivity index (χ1n) is 9.89. The van der Waals surface area contributed by atoms with Gasteiger partial charge in [0.25, 0.3) is 0 Å². The lowest BCUT2D eigenvalue weighted by Gasteiger charge is -2.30. The Balaban J connectivity index is 1.85. The molecule has 28 heavy (non-hydrogen) atoms. The highest BCUT2D eigenvalue weighted by molar-refractivity contribution is 7.90. The zero-order valence-electron chi connectivity index (χ0n) is 17.8. The summed E-state index contributed by atoms with van der Waals surface area (Å²) in [7, 11) is -3.36. The van der Waals surface area contributed by atoms with E-state index in [2.05, 4.69) is 10.0 Å². The largest absolute Gasteiger partial charge is 0.488 e. The molecule has 1 aliphatic rings. The summed E-state index contributed by atoms with van der Waals surface area (Å²) in [5, 5.41) is 2.96. The number of ether oxygens (including phenoxy) is 1. The van der Waals surface area contributed by atoms with Crippen LogP contribution in [0.25, 0.3) is 0 Å². The van der Waals surface area contributed by atoms with Crippen LogP contribution in [-0.4, -0.2) is 30.7 Å². The van der Waals surface area contributed by atoms with Gasteiger partial charge >= 0.3 is 0 Å². The van der Waals surface area contributed by atoms with E-state index in [0.29, 0.717) is 25.7 Å². The molecule has 0 aromatic heterocycles. The summed E-state index contributed by atoms with van der Waals surface area (Å²) < 4.78 is 32.3. The number of carbonyl (C=O) groups excluding carboxylic acids is 1. The van der Waals surface area contributed by atoms with Crippen molar-refractivity contribution < 1.29 is 17.9 Å². The first-order valence-corrected chi connectivity index (χ1v) is 11.4. The lowest BCUT2D eigenvalue weighted by molar-refractivity contribution is -0.120. The van der Waals surface area contributed by atoms with E-state index >= 15 is 0 Å². The normalized spacial score (nSPS) is 21.2. The quantitative estimate of drug-likeness (QED) is 0.766. The molecule has 1 aromatic carbocycles. The predicted octanol–water partition coefficient (Wildman–Crippen LogP) is 4.08. The van der Waals surface area contributed by atoms with Crippen molar-refractivity contribution in [3.05, 3.63) is 24.3 Å². The van der Waals surface area contributed by atoms with Gasteiger partial charge in [-0.3, -0.25) is 4.79 Å². The molecule has 2 rings (SSSR count). The number of anilines is 1. The fraction of sp³-hybridized carbons (Fsp3) is 0.667. The number of amides is 1. The SMILES string of the molecule is CC(C)(C)Oc1ccc(NC(=O)C2CCC(NS(=O)(=O)C(C)(C)C)CC2)cc1. The highest BCUT2D eigenvalue weighted by Crippen LogP contribution is 2.28. The van der Waals surface area contributed by atoms with Crippen LogP contribution in [0.3, 0.4) is 0 Å². The van der Waals surface area contributed by atoms with Crippen LogP contribution in [0.1, 0.15) is 67.2 Å². The molecule has 0 saturated heterocycles. The summed E-state index contributed by atoms with van der Waals surface area (Å²) in [6.07, 6.45) is 2.69. The number of rotatable bonds is 5. The molecule has 0 atom stereocenters. The molecule has 2 N–H and O–H groups in total. The third-order valence-electron chi connectivity index (χ3n) is 4.77. The first kappa shape index (κ1) is 22.7. The molecule has 0 heterocycles. The molecule has 158 valence electrons. The highest BCUT2D eigenvalue weighted by atomic mass is 32.2. The van der Waals surface area contributed by atoms with Crippen LogP contribution in [0.2, 0.25) is 0 Å². The molecule has 0 unspecified atom stereocenters. The second-order valence-electron chi connectivity index (χ2n) is 9.51. The van der Waals surface area contributed by atoms with Crippen molar-refractivity contribution in [1.29, 1.82) is 0 Å². The Morgan fingerprint density at radius 3 is 1.96 bits per heavy atom. The zero-order valence-corrected chi connectivity index (χ0v) is 18.7. The maximum Gasteiger partial charge on any atom is 0.227 e. The Morgan fingerprint density at radius 1 is 0.964 bits per heavy atom. The monoisotopic (exact) mass is 410 g/mol. The van der Waals surface area contributed by atoms with Gasteiger partial charge in [0, 0.05) is 17.6 Å². The van der Waals surface area contributed by atoms with Crippen LogP contribution in [0.5, 0.6) is 5.75 Å². The molecule has 0 spiro atoms. The van der Waals surface area contributed by atoms with Gasteiger partial charge < -0.3 is 10.1 Å². The smallest absolute Gasteiger partial charge is 0.227 e. The minimum atomic E-state index is -3.36. The summed E-state index contributed by atoms with van der Waals surface area (Å²) in [6.45, 7) is 11.0. The Morgan fingerprint density at radius 2 is 1.50 bits per heavy atom. The van der Waals surface area contributed by atoms with E-state index in [-0.39, 0.29) is 23.5 Å². The van der Waals surface area contributed by atoms with Gasteiger partial charge in [0.05, 0.1) is 4.75 Å². The van der Waals surface area contributed by atoms with Gasteiger partial charge in [-0.1, -0.05) is 0 Å². The molecule has 7 heteroatoms. The zero-order chi connectivity index (χ0) is 21.2. The Labute approximate surface area is 169 Å². The van der Waals surface area contributed by atoms with E-state index in [1.165, 1.54) is 0 Å². The minimum Gasteiger partial charge on any atom is -0.488 e. The number of hydrogen-bond donors (Lipinski definition) is 2. The molecule has 0 radical (unpaired) electrons. The van der Waals surface area contributed by atoms with E-state index in [9.17, 15) is 13.2 Å². The number of nitrogens with one attached hydrogen (secondary N) is 2. The van der Waals surface area contributed by atoms with Gasteiger partial charge in [0.2, 0.25) is 15.9 Å². The van der Waals surface area contributed by atoms with E-state index < -0.39 is 14.8 Å². The second-order valence-corrected chi connectivity index (χ2v) is 12.0. The Hall–Kier alpha value is -1.60. The lowest BCUT2D eigenvalue weighted by atomic mass is 9.86. The van der Waals surface area contributed by atoms with Gasteiger partial charge in [0.15, 0.2) is 0 Å². The molecule has 0 aliphatic heterocycles. The van der Waals surface area contributed by atoms with Crippen molar-refractivity contribution >= 4 is 21.6 Å². The van der Waals surface area contributed by atoms with Crippen molar-refractivity contribution in [3.63, 3.8) is 0 Å². The fourth-order valence-corrected chi connectivity index (χ4v) is 4.10. The van der Waals surface area contributed by atoms with E-state index in [0.717, 1.165) is 11.4 Å². The van der Waals surface area contributed by atoms with Crippen molar-refractivity contribution in [2.24, 2.45) is 5.92 Å². The van der Waals surface area contributed by atoms with E-state index in [4.69, 9.17) is 4.74 Å². The summed E-state index contributed by atoms with van der Waals surface area (Å²) in [5.74, 6) is 0.652. The number of sulfonamides is 1. The van der Waals surface area contributed by atoms with Crippen molar-refractivity contribution in [2.45, 2.75) is 83.6 Å². The number of hydrogen-bond acceptors (Lipinski definition) is 4. The fourth-order valence-electron chi connectivity index (χ4n) is 3.07. The summed E-state index contributed by atoms with van der Waals surface area (Å²) in [4.78, 5) is 12.6. The molecule has 1 aromatic rings. The van der Waals surface area contributed by atoms with Crippen molar-refractivity contribution in [1.82, 2.24) is 4.72 Å². The average Bonchev–Trinajstić information content (AvgIpc) is 2.54. The highest BCUT2D eigenvalue weighted by Gasteiger charge is 2.34. The minimum absolute atomic E-state index is 0.0124. The molecule has 0 bridgehead atoms. The molecule has 1 amide bonds. The van der Waals surface area contributed by atoms with E-state index in [1.54, 1.807) is 20.8 Å². The number of benzene rings is 1. The van der Waals surface area contributed by atoms with Gasteiger partial charge in [0.1, 0.15) is 11.4 Å². The summed E-state index contributed by atoms with van der Waals surface area (Å²) in [6, 6.07) is 7.27. The summed E-state index contributed by atoms with van der Waals surface area (Å²) in [5.41, 5.74) is 0.472. The molecule has 1 saturated carbocycles. The average molecular weight is 411 g/mol. The number of carbonyl (C=O) groups is 1. The standard InChI is InChI=1S/C21H34N2O4S/c1-20(2,3)27-18-13-11-16(12-14-18)22-19(24)15-7-9-17(10-8-15)23-28(25,26)21(4,5)6/h11-15,17,23H,7-10H2,1-6H3,(H,22,24). The van der Waals surface area contributed by atoms with Gasteiger partial charge in [-0.2, -0.15) is 0 Å². The molecular formula is C21H34N2O4S. The molecule has 6 nitrogen and oxygen atoms in total. The van der Waals surface area contributed by atoms with Crippen LogP contribution in [0.15, 0.2) is 24.3 Å². The molecule has 1 aliphatic carbocycles. The second kappa shape index (κ2) is 8.41. The molecular weight excluding hydrogens is 376 g/mol. The Bertz CT molecular complexity index is 766. The van der Waals surface area contributed by atoms with Crippen molar-refractivity contribution in [3.8, 4) is 5.75 Å². The predicted molar refractivity (Wildman–Crippen MR) is 113 cm³/mol. The maximum absolute atomic E-state index is 12.6. The third-order valence-corrected chi connectivity index (χ3v) is 7.03. The van der Waals surface area contributed by atoms with E-state index in [1.807, 2.05) is 45.0 Å². The Kier molecular flexibility index (Phi) is 6.82. The van der Waals surface area contributed by atoms with Gasteiger partial charge in [-0.25, -0.2) is 13.1 Å². The third kappa shape index (κ3) is 6.48. The van der Waals surface area contributed by atoms with Crippen LogP contribution in [-0.2, 0) is 14.8 Å². The van der Waals surface area contributed by atoms with Crippen LogP contribution in [0.4, 0.5) is 5.69 Å². The van der Waals surface area contributed by atoms with Crippen LogP contribution >= 0.6 is 0 Å². The van der Waals surface area contributed by atoms with Crippen molar-refractivity contribution in [2.75, 3.05) is 5.32 Å². The maximum atomic E-state index is 12.6. The summed E-state index contributed by atoms with van der Waals surface area (Å²) >= 11 is 0. The van der Waals surface area contributed by atoms with Crippen LogP contribution in [0, 0.1) is 5.92 Å². The van der Waals surface area contributed by atoms with Gasteiger partial charge in [-0.15, -0.1) is 0 Å². The first-order chi connectivity index (χ1) is 12.8. The van der Waals surface area contributed by atoms with Gasteiger partial charge in [-0.05, 0) is 91.5 Å².